The second kappa shape index (κ2) is 3.76. The highest BCUT2D eigenvalue weighted by Gasteiger charge is 2.14. The van der Waals surface area contributed by atoms with Gasteiger partial charge in [-0.15, -0.1) is 0 Å². The van der Waals surface area contributed by atoms with E-state index < -0.39 is 16.6 Å². The summed E-state index contributed by atoms with van der Waals surface area (Å²) in [6, 6.07) is 6.24. The molecule has 0 bridgehead atoms. The van der Waals surface area contributed by atoms with Crippen LogP contribution in [-0.2, 0) is 10.8 Å². The van der Waals surface area contributed by atoms with Crippen LogP contribution < -0.4 is 0 Å². The van der Waals surface area contributed by atoms with E-state index in [9.17, 15) is 13.0 Å². The molecule has 0 aliphatic carbocycles. The third-order valence-electron chi connectivity index (χ3n) is 1.42. The van der Waals surface area contributed by atoms with Gasteiger partial charge in [-0.1, -0.05) is 17.7 Å². The lowest BCUT2D eigenvalue weighted by molar-refractivity contribution is 0.244. The van der Waals surface area contributed by atoms with Gasteiger partial charge in [0.1, 0.15) is 10.8 Å². The molecule has 0 fully saturated rings. The van der Waals surface area contributed by atoms with Crippen LogP contribution in [0.2, 0.25) is 0 Å². The summed E-state index contributed by atoms with van der Waals surface area (Å²) in [5.41, 5.74) is 0.963. The molecule has 0 N–H and O–H groups in total. The van der Waals surface area contributed by atoms with E-state index in [1.54, 1.807) is 12.1 Å². The molecule has 1 rings (SSSR count). The van der Waals surface area contributed by atoms with Gasteiger partial charge in [0.15, 0.2) is 0 Å². The Kier molecular flexibility index (Phi) is 2.92. The highest BCUT2D eigenvalue weighted by Crippen LogP contribution is 2.13. The van der Waals surface area contributed by atoms with Crippen molar-refractivity contribution in [2.75, 3.05) is 0 Å². The summed E-state index contributed by atoms with van der Waals surface area (Å²) in [4.78, 5) is 0.176. The lowest BCUT2D eigenvalue weighted by Gasteiger charge is -1.99. The van der Waals surface area contributed by atoms with E-state index >= 15 is 0 Å². The zero-order valence-electron chi connectivity index (χ0n) is 6.46. The number of alkyl halides is 2. The highest BCUT2D eigenvalue weighted by molar-refractivity contribution is 7.85. The molecule has 0 aliphatic rings. The molecule has 4 heteroatoms. The Morgan fingerprint density at radius 1 is 1.25 bits per heavy atom. The monoisotopic (exact) mass is 190 g/mol. The van der Waals surface area contributed by atoms with Crippen molar-refractivity contribution < 1.29 is 13.0 Å². The first-order valence-corrected chi connectivity index (χ1v) is 4.58. The minimum atomic E-state index is -2.80. The maximum Gasteiger partial charge on any atom is 0.316 e. The van der Waals surface area contributed by atoms with Crippen LogP contribution in [0.3, 0.4) is 0 Å². The molecule has 0 aliphatic heterocycles. The minimum Gasteiger partial charge on any atom is -0.248 e. The summed E-state index contributed by atoms with van der Waals surface area (Å²) in [7, 11) is -2.18. The summed E-state index contributed by atoms with van der Waals surface area (Å²) < 4.78 is 34.6. The van der Waals surface area contributed by atoms with Crippen LogP contribution in [-0.4, -0.2) is 9.97 Å². The number of benzene rings is 1. The number of hydrogen-bond acceptors (Lipinski definition) is 1. The van der Waals surface area contributed by atoms with Crippen molar-refractivity contribution in [1.29, 1.82) is 0 Å². The van der Waals surface area contributed by atoms with Crippen molar-refractivity contribution in [2.45, 2.75) is 17.6 Å². The van der Waals surface area contributed by atoms with Crippen molar-refractivity contribution in [2.24, 2.45) is 0 Å². The van der Waals surface area contributed by atoms with Crippen LogP contribution in [0.25, 0.3) is 0 Å². The Labute approximate surface area is 71.9 Å². The molecule has 1 aromatic rings. The standard InChI is InChI=1S/C8H8F2OS/c1-6-2-4-7(5-3-6)12(11)8(9)10/h2-5,8H,1H3/t12-/m0/s1. The SMILES string of the molecule is Cc1ccc([S@](=O)C(F)F)cc1. The average molecular weight is 190 g/mol. The summed E-state index contributed by atoms with van der Waals surface area (Å²) >= 11 is 0. The Morgan fingerprint density at radius 2 is 1.75 bits per heavy atom. The predicted octanol–water partition coefficient (Wildman–Crippen LogP) is 2.33. The number of aryl methyl sites for hydroxylation is 1. The second-order valence-corrected chi connectivity index (χ2v) is 3.79. The number of rotatable bonds is 2. The first-order valence-electron chi connectivity index (χ1n) is 3.36. The van der Waals surface area contributed by atoms with Gasteiger partial charge in [0.2, 0.25) is 0 Å². The van der Waals surface area contributed by atoms with Crippen LogP contribution in [0, 0.1) is 6.92 Å². The molecule has 0 unspecified atom stereocenters. The Hall–Kier alpha value is -0.770. The van der Waals surface area contributed by atoms with E-state index in [2.05, 4.69) is 0 Å². The molecular weight excluding hydrogens is 182 g/mol. The minimum absolute atomic E-state index is 0.176. The van der Waals surface area contributed by atoms with E-state index in [-0.39, 0.29) is 4.90 Å². The molecule has 0 aromatic heterocycles. The predicted molar refractivity (Wildman–Crippen MR) is 43.6 cm³/mol. The number of hydrogen-bond donors (Lipinski definition) is 0. The van der Waals surface area contributed by atoms with Gasteiger partial charge < -0.3 is 0 Å². The fourth-order valence-electron chi connectivity index (χ4n) is 0.775. The van der Waals surface area contributed by atoms with Crippen molar-refractivity contribution in [3.8, 4) is 0 Å². The molecule has 1 atom stereocenters. The zero-order valence-corrected chi connectivity index (χ0v) is 7.28. The quantitative estimate of drug-likeness (QED) is 0.699. The molecule has 0 heterocycles. The maximum atomic E-state index is 11.9. The molecule has 66 valence electrons. The summed E-state index contributed by atoms with van der Waals surface area (Å²) in [5, 5.41) is 0. The highest BCUT2D eigenvalue weighted by atomic mass is 32.2. The van der Waals surface area contributed by atoms with Crippen LogP contribution in [0.5, 0.6) is 0 Å². The van der Waals surface area contributed by atoms with Gasteiger partial charge in [0.05, 0.1) is 0 Å². The summed E-state index contributed by atoms with van der Waals surface area (Å²) in [5.74, 6) is -2.80. The molecular formula is C8H8F2OS. The van der Waals surface area contributed by atoms with Gasteiger partial charge in [-0.2, -0.15) is 8.78 Å². The normalized spacial score (nSPS) is 13.3. The van der Waals surface area contributed by atoms with Crippen LogP contribution in [0.15, 0.2) is 29.2 Å². The van der Waals surface area contributed by atoms with Gasteiger partial charge in [-0.25, -0.2) is 4.21 Å². The Morgan fingerprint density at radius 3 is 2.17 bits per heavy atom. The third kappa shape index (κ3) is 2.11. The van der Waals surface area contributed by atoms with E-state index in [4.69, 9.17) is 0 Å². The van der Waals surface area contributed by atoms with Crippen LogP contribution >= 0.6 is 0 Å². The molecule has 0 spiro atoms. The van der Waals surface area contributed by atoms with Crippen molar-refractivity contribution >= 4 is 10.8 Å². The largest absolute Gasteiger partial charge is 0.316 e. The lowest BCUT2D eigenvalue weighted by Crippen LogP contribution is -2.01. The number of halogens is 2. The maximum absolute atomic E-state index is 11.9. The van der Waals surface area contributed by atoms with Gasteiger partial charge in [-0.3, -0.25) is 0 Å². The molecule has 1 nitrogen and oxygen atoms in total. The van der Waals surface area contributed by atoms with E-state index in [1.165, 1.54) is 12.1 Å². The molecule has 0 radical (unpaired) electrons. The Balaban J connectivity index is 2.90. The zero-order chi connectivity index (χ0) is 9.14. The van der Waals surface area contributed by atoms with Crippen molar-refractivity contribution in [3.63, 3.8) is 0 Å². The second-order valence-electron chi connectivity index (χ2n) is 2.37. The molecule has 1 aromatic carbocycles. The van der Waals surface area contributed by atoms with E-state index in [0.717, 1.165) is 5.56 Å². The van der Waals surface area contributed by atoms with Gasteiger partial charge in [0, 0.05) is 4.90 Å². The third-order valence-corrected chi connectivity index (χ3v) is 2.48. The topological polar surface area (TPSA) is 17.1 Å². The van der Waals surface area contributed by atoms with Gasteiger partial charge >= 0.3 is 5.76 Å². The fraction of sp³-hybridized carbons (Fsp3) is 0.250. The Bertz CT molecular complexity index is 282. The fourth-order valence-corrected chi connectivity index (χ4v) is 1.39. The lowest BCUT2D eigenvalue weighted by atomic mass is 10.2. The molecule has 12 heavy (non-hydrogen) atoms. The first kappa shape index (κ1) is 9.32. The van der Waals surface area contributed by atoms with Crippen molar-refractivity contribution in [1.82, 2.24) is 0 Å². The van der Waals surface area contributed by atoms with Crippen LogP contribution in [0.1, 0.15) is 5.56 Å². The average Bonchev–Trinajstić information content (AvgIpc) is 2.04. The van der Waals surface area contributed by atoms with Gasteiger partial charge in [-0.05, 0) is 19.1 Å². The van der Waals surface area contributed by atoms with E-state index in [0.29, 0.717) is 0 Å². The van der Waals surface area contributed by atoms with Crippen molar-refractivity contribution in [3.05, 3.63) is 29.8 Å². The van der Waals surface area contributed by atoms with Gasteiger partial charge in [0.25, 0.3) is 0 Å². The molecule has 0 amide bonds. The first-order chi connectivity index (χ1) is 5.61. The van der Waals surface area contributed by atoms with Crippen LogP contribution in [0.4, 0.5) is 8.78 Å². The summed E-state index contributed by atoms with van der Waals surface area (Å²) in [6.07, 6.45) is 0. The molecule has 0 saturated heterocycles. The van der Waals surface area contributed by atoms with E-state index in [1.807, 2.05) is 6.92 Å². The molecule has 0 saturated carbocycles. The summed E-state index contributed by atoms with van der Waals surface area (Å²) in [6.45, 7) is 1.84. The smallest absolute Gasteiger partial charge is 0.248 e.